The van der Waals surface area contributed by atoms with Gasteiger partial charge in [-0.2, -0.15) is 5.10 Å². The zero-order chi connectivity index (χ0) is 11.8. The van der Waals surface area contributed by atoms with Crippen molar-refractivity contribution in [2.45, 2.75) is 47.0 Å². The van der Waals surface area contributed by atoms with Crippen LogP contribution in [0.1, 0.15) is 51.8 Å². The number of hydrogen-bond donors (Lipinski definition) is 1. The summed E-state index contributed by atoms with van der Waals surface area (Å²) in [4.78, 5) is 0. The zero-order valence-corrected chi connectivity index (χ0v) is 10.8. The molecule has 0 aliphatic carbocycles. The van der Waals surface area contributed by atoms with Crippen LogP contribution < -0.4 is 5.73 Å². The summed E-state index contributed by atoms with van der Waals surface area (Å²) in [6, 6.07) is 0. The van der Waals surface area contributed by atoms with Crippen molar-refractivity contribution >= 4 is 5.82 Å². The second-order valence-corrected chi connectivity index (χ2v) is 5.31. The molecule has 1 unspecified atom stereocenters. The van der Waals surface area contributed by atoms with Crippen LogP contribution in [-0.2, 0) is 13.5 Å². The van der Waals surface area contributed by atoms with E-state index in [1.54, 1.807) is 4.68 Å². The molecular formula is C12H23N3. The van der Waals surface area contributed by atoms with E-state index < -0.39 is 0 Å². The van der Waals surface area contributed by atoms with Crippen molar-refractivity contribution < 1.29 is 0 Å². The van der Waals surface area contributed by atoms with Crippen LogP contribution in [0.25, 0.3) is 0 Å². The topological polar surface area (TPSA) is 43.8 Å². The van der Waals surface area contributed by atoms with Crippen LogP contribution in [0.4, 0.5) is 5.82 Å². The molecule has 2 N–H and O–H groups in total. The minimum atomic E-state index is 0.227. The average Bonchev–Trinajstić information content (AvgIpc) is 2.40. The summed E-state index contributed by atoms with van der Waals surface area (Å²) in [5.41, 5.74) is 8.59. The Morgan fingerprint density at radius 3 is 2.33 bits per heavy atom. The molecule has 0 bridgehead atoms. The Morgan fingerprint density at radius 1 is 1.40 bits per heavy atom. The Bertz CT molecular complexity index is 344. The summed E-state index contributed by atoms with van der Waals surface area (Å²) in [5, 5.41) is 4.54. The highest BCUT2D eigenvalue weighted by Crippen LogP contribution is 2.36. The van der Waals surface area contributed by atoms with Crippen LogP contribution in [0.3, 0.4) is 0 Å². The fourth-order valence-electron chi connectivity index (χ4n) is 1.72. The number of nitrogens with two attached hydrogens (primary N) is 1. The van der Waals surface area contributed by atoms with E-state index in [0.29, 0.717) is 5.92 Å². The summed E-state index contributed by atoms with van der Waals surface area (Å²) in [5.74, 6) is 1.24. The van der Waals surface area contributed by atoms with Gasteiger partial charge in [-0.3, -0.25) is 4.68 Å². The summed E-state index contributed by atoms with van der Waals surface area (Å²) in [6.45, 7) is 11.1. The molecule has 0 radical (unpaired) electrons. The first-order valence-electron chi connectivity index (χ1n) is 5.60. The zero-order valence-electron chi connectivity index (χ0n) is 10.8. The molecule has 1 aromatic rings. The van der Waals surface area contributed by atoms with Crippen molar-refractivity contribution in [3.63, 3.8) is 0 Å². The monoisotopic (exact) mass is 209 g/mol. The highest BCUT2D eigenvalue weighted by Gasteiger charge is 2.27. The predicted molar refractivity (Wildman–Crippen MR) is 64.9 cm³/mol. The highest BCUT2D eigenvalue weighted by molar-refractivity contribution is 5.44. The SMILES string of the molecule is CCc1c(C(C)C(C)(C)C)nn(C)c1N. The molecule has 0 aromatic carbocycles. The van der Waals surface area contributed by atoms with Crippen LogP contribution in [0.15, 0.2) is 0 Å². The molecule has 0 amide bonds. The van der Waals surface area contributed by atoms with E-state index in [2.05, 4.69) is 39.7 Å². The Morgan fingerprint density at radius 2 is 1.93 bits per heavy atom. The average molecular weight is 209 g/mol. The van der Waals surface area contributed by atoms with Gasteiger partial charge in [-0.1, -0.05) is 34.6 Å². The molecule has 0 saturated carbocycles. The van der Waals surface area contributed by atoms with Gasteiger partial charge >= 0.3 is 0 Å². The van der Waals surface area contributed by atoms with Crippen LogP contribution in [0.2, 0.25) is 0 Å². The van der Waals surface area contributed by atoms with Gasteiger partial charge in [0.2, 0.25) is 0 Å². The van der Waals surface area contributed by atoms with Gasteiger partial charge in [0.1, 0.15) is 5.82 Å². The lowest BCUT2D eigenvalue weighted by molar-refractivity contribution is 0.331. The maximum absolute atomic E-state index is 6.00. The van der Waals surface area contributed by atoms with Gasteiger partial charge in [0.15, 0.2) is 0 Å². The normalized spacial score (nSPS) is 14.3. The van der Waals surface area contributed by atoms with Gasteiger partial charge < -0.3 is 5.73 Å². The molecule has 0 aliphatic heterocycles. The molecule has 1 aromatic heterocycles. The quantitative estimate of drug-likeness (QED) is 0.814. The van der Waals surface area contributed by atoms with Crippen LogP contribution in [0, 0.1) is 5.41 Å². The maximum atomic E-state index is 6.00. The molecule has 0 fully saturated rings. The molecule has 0 aliphatic rings. The molecule has 1 atom stereocenters. The largest absolute Gasteiger partial charge is 0.384 e. The van der Waals surface area contributed by atoms with Gasteiger partial charge in [-0.15, -0.1) is 0 Å². The summed E-state index contributed by atoms with van der Waals surface area (Å²) < 4.78 is 1.79. The number of aryl methyl sites for hydroxylation is 1. The van der Waals surface area contributed by atoms with E-state index in [1.807, 2.05) is 7.05 Å². The van der Waals surface area contributed by atoms with E-state index >= 15 is 0 Å². The van der Waals surface area contributed by atoms with E-state index in [-0.39, 0.29) is 5.41 Å². The number of aromatic nitrogens is 2. The molecule has 3 nitrogen and oxygen atoms in total. The van der Waals surface area contributed by atoms with Gasteiger partial charge in [-0.25, -0.2) is 0 Å². The summed E-state index contributed by atoms with van der Waals surface area (Å²) >= 11 is 0. The Hall–Kier alpha value is -0.990. The van der Waals surface area contributed by atoms with E-state index in [9.17, 15) is 0 Å². The first-order valence-corrected chi connectivity index (χ1v) is 5.60. The van der Waals surface area contributed by atoms with Crippen LogP contribution in [-0.4, -0.2) is 9.78 Å². The third-order valence-electron chi connectivity index (χ3n) is 3.29. The van der Waals surface area contributed by atoms with Crippen molar-refractivity contribution in [1.29, 1.82) is 0 Å². The van der Waals surface area contributed by atoms with Crippen LogP contribution in [0.5, 0.6) is 0 Å². The smallest absolute Gasteiger partial charge is 0.124 e. The maximum Gasteiger partial charge on any atom is 0.124 e. The van der Waals surface area contributed by atoms with Gasteiger partial charge in [-0.05, 0) is 11.8 Å². The first-order chi connectivity index (χ1) is 6.79. The summed E-state index contributed by atoms with van der Waals surface area (Å²) in [6.07, 6.45) is 0.954. The predicted octanol–water partition coefficient (Wildman–Crippen LogP) is 2.71. The second-order valence-electron chi connectivity index (χ2n) is 5.31. The minimum absolute atomic E-state index is 0.227. The van der Waals surface area contributed by atoms with Crippen molar-refractivity contribution in [2.75, 3.05) is 5.73 Å². The number of hydrogen-bond acceptors (Lipinski definition) is 2. The third-order valence-corrected chi connectivity index (χ3v) is 3.29. The van der Waals surface area contributed by atoms with Crippen molar-refractivity contribution in [3.05, 3.63) is 11.3 Å². The molecule has 1 rings (SSSR count). The van der Waals surface area contributed by atoms with Crippen molar-refractivity contribution in [3.8, 4) is 0 Å². The van der Waals surface area contributed by atoms with Gasteiger partial charge in [0.25, 0.3) is 0 Å². The first kappa shape index (κ1) is 12.1. The Kier molecular flexibility index (Phi) is 3.12. The molecule has 0 saturated heterocycles. The molecule has 86 valence electrons. The Balaban J connectivity index is 3.20. The number of anilines is 1. The second kappa shape index (κ2) is 3.87. The molecule has 1 heterocycles. The number of nitrogen functional groups attached to an aromatic ring is 1. The lowest BCUT2D eigenvalue weighted by atomic mass is 9.79. The lowest BCUT2D eigenvalue weighted by Crippen LogP contribution is -2.17. The van der Waals surface area contributed by atoms with Crippen molar-refractivity contribution in [2.24, 2.45) is 12.5 Å². The van der Waals surface area contributed by atoms with E-state index in [0.717, 1.165) is 17.9 Å². The third kappa shape index (κ3) is 2.16. The summed E-state index contributed by atoms with van der Waals surface area (Å²) in [7, 11) is 1.91. The highest BCUT2D eigenvalue weighted by atomic mass is 15.3. The van der Waals surface area contributed by atoms with E-state index in [4.69, 9.17) is 5.73 Å². The molecule has 15 heavy (non-hydrogen) atoms. The van der Waals surface area contributed by atoms with Gasteiger partial charge in [0.05, 0.1) is 5.69 Å². The molecule has 3 heteroatoms. The molecule has 0 spiro atoms. The molecular weight excluding hydrogens is 186 g/mol. The fourth-order valence-corrected chi connectivity index (χ4v) is 1.72. The standard InChI is InChI=1S/C12H23N3/c1-7-9-10(8(2)12(3,4)5)14-15(6)11(9)13/h8H,7,13H2,1-6H3. The van der Waals surface area contributed by atoms with Gasteiger partial charge in [0, 0.05) is 18.5 Å². The van der Waals surface area contributed by atoms with E-state index in [1.165, 1.54) is 5.56 Å². The number of nitrogens with zero attached hydrogens (tertiary/aromatic N) is 2. The fraction of sp³-hybridized carbons (Fsp3) is 0.750. The lowest BCUT2D eigenvalue weighted by Gasteiger charge is -2.26. The van der Waals surface area contributed by atoms with Crippen LogP contribution >= 0.6 is 0 Å². The Labute approximate surface area is 92.7 Å². The minimum Gasteiger partial charge on any atom is -0.384 e. The van der Waals surface area contributed by atoms with Crippen molar-refractivity contribution in [1.82, 2.24) is 9.78 Å². The number of rotatable bonds is 2.